The van der Waals surface area contributed by atoms with E-state index in [-0.39, 0.29) is 23.7 Å². The van der Waals surface area contributed by atoms with Crippen LogP contribution in [0.4, 0.5) is 8.78 Å². The highest BCUT2D eigenvalue weighted by atomic mass is 32.1. The van der Waals surface area contributed by atoms with E-state index in [1.165, 1.54) is 15.6 Å². The van der Waals surface area contributed by atoms with Crippen LogP contribution in [-0.4, -0.2) is 39.6 Å². The van der Waals surface area contributed by atoms with Gasteiger partial charge in [-0.15, -0.1) is 11.3 Å². The van der Waals surface area contributed by atoms with E-state index in [4.69, 9.17) is 0 Å². The van der Waals surface area contributed by atoms with Gasteiger partial charge in [-0.2, -0.15) is 5.10 Å². The predicted molar refractivity (Wildman–Crippen MR) is 109 cm³/mol. The molecule has 1 aliphatic heterocycles. The molecule has 156 valence electrons. The van der Waals surface area contributed by atoms with Crippen molar-refractivity contribution in [3.63, 3.8) is 0 Å². The molecule has 9 heteroatoms. The molecule has 0 radical (unpaired) electrons. The summed E-state index contributed by atoms with van der Waals surface area (Å²) in [5, 5.41) is 8.90. The summed E-state index contributed by atoms with van der Waals surface area (Å²) in [7, 11) is 0. The lowest BCUT2D eigenvalue weighted by Crippen LogP contribution is -2.42. The molecule has 0 aliphatic carbocycles. The molecule has 1 aromatic carbocycles. The van der Waals surface area contributed by atoms with Crippen LogP contribution in [0.25, 0.3) is 5.69 Å². The fraction of sp³-hybridized carbons (Fsp3) is 0.286. The Balaban J connectivity index is 1.46. The summed E-state index contributed by atoms with van der Waals surface area (Å²) < 4.78 is 28.6. The van der Waals surface area contributed by atoms with Gasteiger partial charge < -0.3 is 10.2 Å². The Kier molecular flexibility index (Phi) is 5.38. The van der Waals surface area contributed by atoms with Gasteiger partial charge in [-0.1, -0.05) is 0 Å². The van der Waals surface area contributed by atoms with Crippen molar-refractivity contribution in [1.82, 2.24) is 20.0 Å². The fourth-order valence-electron chi connectivity index (χ4n) is 3.68. The monoisotopic (exact) mass is 430 g/mol. The molecule has 1 N–H and O–H groups in total. The molecular formula is C21H20F2N4O2S. The zero-order valence-electron chi connectivity index (χ0n) is 16.5. The van der Waals surface area contributed by atoms with Crippen LogP contribution in [-0.2, 0) is 17.8 Å². The summed E-state index contributed by atoms with van der Waals surface area (Å²) in [5.74, 6) is -2.09. The SMILES string of the molecule is Cc1nn(-c2ccc(F)cc2F)c(C)c1C(=O)NCC(=O)N1CCc2sccc2C1. The number of nitrogens with one attached hydrogen (secondary N) is 1. The smallest absolute Gasteiger partial charge is 0.255 e. The molecule has 0 fully saturated rings. The highest BCUT2D eigenvalue weighted by Crippen LogP contribution is 2.24. The molecule has 0 spiro atoms. The number of carbonyl (C=O) groups is 2. The van der Waals surface area contributed by atoms with Crippen LogP contribution in [0, 0.1) is 25.5 Å². The van der Waals surface area contributed by atoms with Crippen LogP contribution in [0.15, 0.2) is 29.6 Å². The van der Waals surface area contributed by atoms with E-state index in [1.54, 1.807) is 30.1 Å². The van der Waals surface area contributed by atoms with Gasteiger partial charge in [-0.3, -0.25) is 9.59 Å². The average molecular weight is 430 g/mol. The van der Waals surface area contributed by atoms with Gasteiger partial charge in [-0.05, 0) is 49.4 Å². The summed E-state index contributed by atoms with van der Waals surface area (Å²) >= 11 is 1.70. The molecule has 0 bridgehead atoms. The fourth-order valence-corrected chi connectivity index (χ4v) is 4.57. The molecule has 2 amide bonds. The van der Waals surface area contributed by atoms with Crippen LogP contribution >= 0.6 is 11.3 Å². The van der Waals surface area contributed by atoms with E-state index in [1.807, 2.05) is 11.4 Å². The number of aromatic nitrogens is 2. The second-order valence-electron chi connectivity index (χ2n) is 7.17. The topological polar surface area (TPSA) is 67.2 Å². The highest BCUT2D eigenvalue weighted by molar-refractivity contribution is 7.10. The lowest BCUT2D eigenvalue weighted by atomic mass is 10.1. The van der Waals surface area contributed by atoms with E-state index in [0.717, 1.165) is 24.1 Å². The summed E-state index contributed by atoms with van der Waals surface area (Å²) in [4.78, 5) is 28.3. The van der Waals surface area contributed by atoms with Gasteiger partial charge in [0, 0.05) is 24.0 Å². The summed E-state index contributed by atoms with van der Waals surface area (Å²) in [6.45, 7) is 4.30. The number of aryl methyl sites for hydroxylation is 1. The number of thiophene rings is 1. The van der Waals surface area contributed by atoms with Gasteiger partial charge in [0.15, 0.2) is 5.82 Å². The normalized spacial score (nSPS) is 13.3. The molecule has 0 saturated carbocycles. The van der Waals surface area contributed by atoms with E-state index >= 15 is 0 Å². The van der Waals surface area contributed by atoms with Crippen molar-refractivity contribution in [3.8, 4) is 5.69 Å². The number of amides is 2. The molecule has 1 aliphatic rings. The predicted octanol–water partition coefficient (Wildman–Crippen LogP) is 3.14. The number of carbonyl (C=O) groups excluding carboxylic acids is 2. The van der Waals surface area contributed by atoms with Crippen molar-refractivity contribution in [2.45, 2.75) is 26.8 Å². The van der Waals surface area contributed by atoms with Crippen molar-refractivity contribution in [2.75, 3.05) is 13.1 Å². The summed E-state index contributed by atoms with van der Waals surface area (Å²) in [5.41, 5.74) is 2.27. The third-order valence-corrected chi connectivity index (χ3v) is 6.24. The molecule has 4 rings (SSSR count). The van der Waals surface area contributed by atoms with E-state index in [9.17, 15) is 18.4 Å². The second-order valence-corrected chi connectivity index (χ2v) is 8.17. The molecule has 0 unspecified atom stereocenters. The lowest BCUT2D eigenvalue weighted by molar-refractivity contribution is -0.131. The number of fused-ring (bicyclic) bond motifs is 1. The molecule has 0 saturated heterocycles. The van der Waals surface area contributed by atoms with Gasteiger partial charge in [0.2, 0.25) is 5.91 Å². The highest BCUT2D eigenvalue weighted by Gasteiger charge is 2.24. The van der Waals surface area contributed by atoms with Gasteiger partial charge in [0.05, 0.1) is 23.5 Å². The zero-order valence-corrected chi connectivity index (χ0v) is 17.4. The molecule has 30 heavy (non-hydrogen) atoms. The third kappa shape index (κ3) is 3.72. The first-order valence-corrected chi connectivity index (χ1v) is 10.4. The Hall–Kier alpha value is -3.07. The Morgan fingerprint density at radius 2 is 2.03 bits per heavy atom. The Bertz CT molecular complexity index is 1140. The van der Waals surface area contributed by atoms with E-state index in [2.05, 4.69) is 10.4 Å². The molecular weight excluding hydrogens is 410 g/mol. The van der Waals surface area contributed by atoms with Gasteiger partial charge in [-0.25, -0.2) is 13.5 Å². The van der Waals surface area contributed by atoms with Crippen molar-refractivity contribution in [3.05, 3.63) is 68.7 Å². The molecule has 2 aromatic heterocycles. The molecule has 3 heterocycles. The number of rotatable bonds is 4. The second kappa shape index (κ2) is 7.98. The number of nitrogens with zero attached hydrogens (tertiary/aromatic N) is 3. The Morgan fingerprint density at radius 3 is 2.80 bits per heavy atom. The Morgan fingerprint density at radius 1 is 1.23 bits per heavy atom. The third-order valence-electron chi connectivity index (χ3n) is 5.22. The Labute approximate surface area is 176 Å². The van der Waals surface area contributed by atoms with Crippen molar-refractivity contribution in [1.29, 1.82) is 0 Å². The minimum atomic E-state index is -0.777. The average Bonchev–Trinajstić information content (AvgIpc) is 3.29. The first kappa shape index (κ1) is 20.2. The molecule has 6 nitrogen and oxygen atoms in total. The van der Waals surface area contributed by atoms with Crippen LogP contribution in [0.2, 0.25) is 0 Å². The number of hydrogen-bond donors (Lipinski definition) is 1. The molecule has 0 atom stereocenters. The first-order chi connectivity index (χ1) is 14.3. The quantitative estimate of drug-likeness (QED) is 0.692. The number of hydrogen-bond acceptors (Lipinski definition) is 4. The van der Waals surface area contributed by atoms with Gasteiger partial charge in [0.25, 0.3) is 5.91 Å². The standard InChI is InChI=1S/C21H20F2N4O2S/c1-12-20(13(2)27(25-12)17-4-3-15(22)9-16(17)23)21(29)24-10-19(28)26-7-5-18-14(11-26)6-8-30-18/h3-4,6,8-9H,5,7,10-11H2,1-2H3,(H,24,29). The van der Waals surface area contributed by atoms with Crippen molar-refractivity contribution in [2.24, 2.45) is 0 Å². The summed E-state index contributed by atoms with van der Waals surface area (Å²) in [6, 6.07) is 5.19. The van der Waals surface area contributed by atoms with Crippen LogP contribution in [0.1, 0.15) is 32.2 Å². The first-order valence-electron chi connectivity index (χ1n) is 9.48. The number of benzene rings is 1. The maximum absolute atomic E-state index is 14.1. The summed E-state index contributed by atoms with van der Waals surface area (Å²) in [6.07, 6.45) is 0.820. The minimum absolute atomic E-state index is 0.0482. The van der Waals surface area contributed by atoms with Crippen LogP contribution in [0.3, 0.4) is 0 Å². The van der Waals surface area contributed by atoms with Gasteiger partial charge >= 0.3 is 0 Å². The largest absolute Gasteiger partial charge is 0.343 e. The lowest BCUT2D eigenvalue weighted by Gasteiger charge is -2.27. The molecule has 3 aromatic rings. The number of halogens is 2. The van der Waals surface area contributed by atoms with Gasteiger partial charge in [0.1, 0.15) is 11.5 Å². The van der Waals surface area contributed by atoms with Crippen molar-refractivity contribution >= 4 is 23.2 Å². The van der Waals surface area contributed by atoms with E-state index < -0.39 is 17.5 Å². The zero-order chi connectivity index (χ0) is 21.4. The van der Waals surface area contributed by atoms with Crippen LogP contribution in [0.5, 0.6) is 0 Å². The van der Waals surface area contributed by atoms with Crippen LogP contribution < -0.4 is 5.32 Å². The minimum Gasteiger partial charge on any atom is -0.343 e. The maximum Gasteiger partial charge on any atom is 0.255 e. The van der Waals surface area contributed by atoms with Crippen molar-refractivity contribution < 1.29 is 18.4 Å². The van der Waals surface area contributed by atoms with E-state index in [0.29, 0.717) is 24.5 Å². The maximum atomic E-state index is 14.1.